The van der Waals surface area contributed by atoms with Gasteiger partial charge in [-0.25, -0.2) is 4.79 Å². The zero-order valence-corrected chi connectivity index (χ0v) is 18.6. The number of H-pyrrole nitrogens is 1. The Hall–Kier alpha value is -2.15. The number of ketones is 1. The van der Waals surface area contributed by atoms with E-state index in [2.05, 4.69) is 29.0 Å². The molecule has 0 aliphatic carbocycles. The molecule has 1 aliphatic heterocycles. The normalized spacial score (nSPS) is 16.7. The molecule has 0 spiro atoms. The number of aromatic amines is 1. The lowest BCUT2D eigenvalue weighted by Gasteiger charge is -2.31. The third-order valence-corrected chi connectivity index (χ3v) is 5.89. The van der Waals surface area contributed by atoms with Crippen LogP contribution in [0.5, 0.6) is 0 Å². The topological polar surface area (TPSA) is 91.5 Å². The van der Waals surface area contributed by atoms with E-state index >= 15 is 0 Å². The molecule has 1 fully saturated rings. The lowest BCUT2D eigenvalue weighted by molar-refractivity contribution is -0.127. The Kier molecular flexibility index (Phi) is 8.02. The van der Waals surface area contributed by atoms with Crippen LogP contribution in [0.4, 0.5) is 0 Å². The summed E-state index contributed by atoms with van der Waals surface area (Å²) in [4.78, 5) is 42.5. The molecule has 7 nitrogen and oxygen atoms in total. The molecule has 0 radical (unpaired) electrons. The van der Waals surface area contributed by atoms with Crippen LogP contribution in [0.3, 0.4) is 0 Å². The van der Waals surface area contributed by atoms with Crippen molar-refractivity contribution in [3.63, 3.8) is 0 Å². The molecule has 1 amide bonds. The molecule has 2 N–H and O–H groups in total. The molecular formula is C22H35N3O4. The van der Waals surface area contributed by atoms with Gasteiger partial charge in [0, 0.05) is 23.2 Å². The Labute approximate surface area is 173 Å². The van der Waals surface area contributed by atoms with Gasteiger partial charge in [-0.05, 0) is 65.1 Å². The van der Waals surface area contributed by atoms with Crippen molar-refractivity contribution in [3.8, 4) is 0 Å². The quantitative estimate of drug-likeness (QED) is 0.513. The predicted molar refractivity (Wildman–Crippen MR) is 112 cm³/mol. The van der Waals surface area contributed by atoms with Gasteiger partial charge in [-0.15, -0.1) is 0 Å². The summed E-state index contributed by atoms with van der Waals surface area (Å²) in [6.07, 6.45) is 1.51. The number of hydrogen-bond donors (Lipinski definition) is 2. The molecule has 0 aromatic carbocycles. The average molecular weight is 406 g/mol. The summed E-state index contributed by atoms with van der Waals surface area (Å²) in [5.74, 6) is 0.0870. The summed E-state index contributed by atoms with van der Waals surface area (Å²) < 4.78 is 5.05. The number of aryl methyl sites for hydroxylation is 1. The molecule has 2 heterocycles. The van der Waals surface area contributed by atoms with E-state index in [4.69, 9.17) is 4.74 Å². The molecule has 1 unspecified atom stereocenters. The minimum absolute atomic E-state index is 0.00806. The number of hydrogen-bond acceptors (Lipinski definition) is 5. The highest BCUT2D eigenvalue weighted by Gasteiger charge is 2.29. The number of carbonyl (C=O) groups is 3. The summed E-state index contributed by atoms with van der Waals surface area (Å²) in [6.45, 7) is 13.6. The van der Waals surface area contributed by atoms with Gasteiger partial charge in [0.15, 0.2) is 5.78 Å². The standard InChI is InChI=1S/C22H35N3O4/c1-7-29-22(28)20-14(4)19(16(6)23-20)18(26)12-25-10-8-17(9-11-25)21(27)24-15(5)13(2)3/h13,15,17,23H,7-12H2,1-6H3,(H,24,27). The van der Waals surface area contributed by atoms with Crippen molar-refractivity contribution in [3.05, 3.63) is 22.5 Å². The summed E-state index contributed by atoms with van der Waals surface area (Å²) in [5.41, 5.74) is 2.25. The molecule has 1 aromatic rings. The van der Waals surface area contributed by atoms with Crippen molar-refractivity contribution >= 4 is 17.7 Å². The van der Waals surface area contributed by atoms with E-state index in [1.165, 1.54) is 0 Å². The van der Waals surface area contributed by atoms with Crippen LogP contribution in [0.2, 0.25) is 0 Å². The molecule has 0 bridgehead atoms. The van der Waals surface area contributed by atoms with Crippen molar-refractivity contribution in [2.24, 2.45) is 11.8 Å². The smallest absolute Gasteiger partial charge is 0.355 e. The number of amides is 1. The number of aromatic nitrogens is 1. The number of rotatable bonds is 8. The lowest BCUT2D eigenvalue weighted by atomic mass is 9.94. The zero-order valence-electron chi connectivity index (χ0n) is 18.6. The molecule has 2 rings (SSSR count). The second kappa shape index (κ2) is 10.1. The minimum Gasteiger partial charge on any atom is -0.461 e. The number of carbonyl (C=O) groups excluding carboxylic acids is 3. The fourth-order valence-electron chi connectivity index (χ4n) is 3.72. The van der Waals surface area contributed by atoms with Crippen LogP contribution in [0.1, 0.15) is 72.6 Å². The fourth-order valence-corrected chi connectivity index (χ4v) is 3.72. The predicted octanol–water partition coefficient (Wildman–Crippen LogP) is 2.86. The van der Waals surface area contributed by atoms with E-state index in [0.717, 1.165) is 12.8 Å². The van der Waals surface area contributed by atoms with Gasteiger partial charge >= 0.3 is 5.97 Å². The number of likely N-dealkylation sites (tertiary alicyclic amines) is 1. The van der Waals surface area contributed by atoms with Gasteiger partial charge < -0.3 is 15.0 Å². The first-order valence-corrected chi connectivity index (χ1v) is 10.6. The van der Waals surface area contributed by atoms with Gasteiger partial charge in [0.05, 0.1) is 13.2 Å². The number of esters is 1. The van der Waals surface area contributed by atoms with Gasteiger partial charge in [0.1, 0.15) is 5.69 Å². The number of nitrogens with one attached hydrogen (secondary N) is 2. The minimum atomic E-state index is -0.436. The van der Waals surface area contributed by atoms with Crippen molar-refractivity contribution in [1.82, 2.24) is 15.2 Å². The van der Waals surface area contributed by atoms with Crippen LogP contribution in [-0.2, 0) is 9.53 Å². The Balaban J connectivity index is 1.93. The van der Waals surface area contributed by atoms with E-state index in [1.807, 2.05) is 6.92 Å². The Morgan fingerprint density at radius 2 is 1.79 bits per heavy atom. The van der Waals surface area contributed by atoms with Crippen LogP contribution in [0, 0.1) is 25.7 Å². The summed E-state index contributed by atoms with van der Waals surface area (Å²) in [7, 11) is 0. The Bertz CT molecular complexity index is 745. The zero-order chi connectivity index (χ0) is 21.7. The molecule has 7 heteroatoms. The van der Waals surface area contributed by atoms with Gasteiger partial charge in [-0.3, -0.25) is 14.5 Å². The monoisotopic (exact) mass is 405 g/mol. The molecule has 0 saturated carbocycles. The first kappa shape index (κ1) is 23.1. The first-order chi connectivity index (χ1) is 13.6. The third kappa shape index (κ3) is 5.69. The average Bonchev–Trinajstić information content (AvgIpc) is 2.96. The van der Waals surface area contributed by atoms with Crippen LogP contribution >= 0.6 is 0 Å². The molecule has 1 saturated heterocycles. The summed E-state index contributed by atoms with van der Waals surface area (Å²) in [6, 6.07) is 0.162. The van der Waals surface area contributed by atoms with Crippen molar-refractivity contribution < 1.29 is 19.1 Å². The van der Waals surface area contributed by atoms with Crippen LogP contribution in [0.25, 0.3) is 0 Å². The van der Waals surface area contributed by atoms with Crippen molar-refractivity contribution in [1.29, 1.82) is 0 Å². The van der Waals surface area contributed by atoms with Crippen molar-refractivity contribution in [2.75, 3.05) is 26.2 Å². The SMILES string of the molecule is CCOC(=O)c1[nH]c(C)c(C(=O)CN2CCC(C(=O)NC(C)C(C)C)CC2)c1C. The largest absolute Gasteiger partial charge is 0.461 e. The number of ether oxygens (including phenoxy) is 1. The maximum Gasteiger partial charge on any atom is 0.355 e. The highest BCUT2D eigenvalue weighted by Crippen LogP contribution is 2.22. The van der Waals surface area contributed by atoms with Gasteiger partial charge in [0.2, 0.25) is 5.91 Å². The second-order valence-corrected chi connectivity index (χ2v) is 8.36. The number of piperidine rings is 1. The van der Waals surface area contributed by atoms with E-state index in [9.17, 15) is 14.4 Å². The van der Waals surface area contributed by atoms with Gasteiger partial charge in [-0.1, -0.05) is 13.8 Å². The first-order valence-electron chi connectivity index (χ1n) is 10.6. The molecular weight excluding hydrogens is 370 g/mol. The van der Waals surface area contributed by atoms with Crippen LogP contribution < -0.4 is 5.32 Å². The highest BCUT2D eigenvalue weighted by atomic mass is 16.5. The lowest BCUT2D eigenvalue weighted by Crippen LogP contribution is -2.45. The second-order valence-electron chi connectivity index (χ2n) is 8.36. The Morgan fingerprint density at radius 3 is 2.34 bits per heavy atom. The van der Waals surface area contributed by atoms with Crippen LogP contribution in [-0.4, -0.2) is 59.8 Å². The maximum absolute atomic E-state index is 12.9. The molecule has 1 aliphatic rings. The van der Waals surface area contributed by atoms with E-state index in [0.29, 0.717) is 48.1 Å². The van der Waals surface area contributed by atoms with E-state index in [1.54, 1.807) is 20.8 Å². The molecule has 1 aromatic heterocycles. The maximum atomic E-state index is 12.9. The van der Waals surface area contributed by atoms with Gasteiger partial charge in [-0.2, -0.15) is 0 Å². The molecule has 1 atom stereocenters. The molecule has 162 valence electrons. The van der Waals surface area contributed by atoms with Crippen molar-refractivity contribution in [2.45, 2.75) is 60.4 Å². The molecule has 29 heavy (non-hydrogen) atoms. The summed E-state index contributed by atoms with van der Waals surface area (Å²) in [5, 5.41) is 3.10. The van der Waals surface area contributed by atoms with Gasteiger partial charge in [0.25, 0.3) is 0 Å². The van der Waals surface area contributed by atoms with E-state index < -0.39 is 5.97 Å². The summed E-state index contributed by atoms with van der Waals surface area (Å²) >= 11 is 0. The Morgan fingerprint density at radius 1 is 1.17 bits per heavy atom. The number of Topliss-reactive ketones (excluding diaryl/α,β-unsaturated/α-hetero) is 1. The number of nitrogens with zero attached hydrogens (tertiary/aromatic N) is 1. The van der Waals surface area contributed by atoms with Crippen LogP contribution in [0.15, 0.2) is 0 Å². The van der Waals surface area contributed by atoms with E-state index in [-0.39, 0.29) is 30.3 Å². The third-order valence-electron chi connectivity index (χ3n) is 5.89. The highest BCUT2D eigenvalue weighted by molar-refractivity contribution is 6.03. The fraction of sp³-hybridized carbons (Fsp3) is 0.682.